The largest absolute Gasteiger partial charge is 0.389 e. The lowest BCUT2D eigenvalue weighted by atomic mass is 10.2. The molecular weight excluding hydrogens is 232 g/mol. The Morgan fingerprint density at radius 2 is 2.00 bits per heavy atom. The van der Waals surface area contributed by atoms with E-state index in [2.05, 4.69) is 15.5 Å². The van der Waals surface area contributed by atoms with Crippen molar-refractivity contribution in [1.82, 2.24) is 10.2 Å². The van der Waals surface area contributed by atoms with Crippen molar-refractivity contribution in [2.45, 2.75) is 6.54 Å². The van der Waals surface area contributed by atoms with Gasteiger partial charge in [-0.15, -0.1) is 5.10 Å². The first-order valence-electron chi connectivity index (χ1n) is 5.16. The number of nitrogens with one attached hydrogen (secondary N) is 1. The predicted molar refractivity (Wildman–Crippen MR) is 71.7 cm³/mol. The Balaban J connectivity index is 2.12. The standard InChI is InChI=1S/C12H12N4S/c13-11(17)10-6-7-15-16-12(10)14-8-9-4-2-1-3-5-9/h1-7H,8H2,(H2,13,17)(H,14,16). The summed E-state index contributed by atoms with van der Waals surface area (Å²) in [6.07, 6.45) is 1.57. The van der Waals surface area contributed by atoms with Crippen LogP contribution in [0.3, 0.4) is 0 Å². The number of anilines is 1. The third-order valence-corrected chi connectivity index (χ3v) is 2.51. The third kappa shape index (κ3) is 2.98. The van der Waals surface area contributed by atoms with Crippen LogP contribution in [-0.4, -0.2) is 15.2 Å². The summed E-state index contributed by atoms with van der Waals surface area (Å²) in [7, 11) is 0. The van der Waals surface area contributed by atoms with E-state index in [4.69, 9.17) is 18.0 Å². The van der Waals surface area contributed by atoms with Crippen molar-refractivity contribution < 1.29 is 0 Å². The van der Waals surface area contributed by atoms with Crippen molar-refractivity contribution in [3.05, 3.63) is 53.7 Å². The number of nitrogens with zero attached hydrogens (tertiary/aromatic N) is 2. The van der Waals surface area contributed by atoms with Crippen LogP contribution in [0.2, 0.25) is 0 Å². The number of nitrogens with two attached hydrogens (primary N) is 1. The molecule has 86 valence electrons. The molecule has 1 aromatic carbocycles. The van der Waals surface area contributed by atoms with E-state index in [-0.39, 0.29) is 0 Å². The van der Waals surface area contributed by atoms with E-state index in [1.807, 2.05) is 30.3 Å². The lowest BCUT2D eigenvalue weighted by Crippen LogP contribution is -2.14. The molecule has 4 nitrogen and oxygen atoms in total. The first-order valence-corrected chi connectivity index (χ1v) is 5.57. The molecule has 0 saturated carbocycles. The van der Waals surface area contributed by atoms with Gasteiger partial charge in [-0.1, -0.05) is 42.5 Å². The maximum Gasteiger partial charge on any atom is 0.159 e. The summed E-state index contributed by atoms with van der Waals surface area (Å²) in [4.78, 5) is 0.315. The summed E-state index contributed by atoms with van der Waals surface area (Å²) in [6.45, 7) is 0.662. The lowest BCUT2D eigenvalue weighted by Gasteiger charge is -2.08. The van der Waals surface area contributed by atoms with Gasteiger partial charge in [0.1, 0.15) is 4.99 Å². The molecule has 0 aliphatic heterocycles. The van der Waals surface area contributed by atoms with Crippen LogP contribution in [0.5, 0.6) is 0 Å². The van der Waals surface area contributed by atoms with Gasteiger partial charge in [0.25, 0.3) is 0 Å². The molecule has 0 bridgehead atoms. The highest BCUT2D eigenvalue weighted by Gasteiger charge is 2.05. The Morgan fingerprint density at radius 1 is 1.24 bits per heavy atom. The molecule has 1 heterocycles. The molecule has 0 amide bonds. The second-order valence-electron chi connectivity index (χ2n) is 3.50. The summed E-state index contributed by atoms with van der Waals surface area (Å²) in [5.74, 6) is 0.615. The van der Waals surface area contributed by atoms with Crippen LogP contribution in [0.4, 0.5) is 5.82 Å². The number of hydrogen-bond acceptors (Lipinski definition) is 4. The van der Waals surface area contributed by atoms with Crippen LogP contribution in [0.25, 0.3) is 0 Å². The average Bonchev–Trinajstić information content (AvgIpc) is 2.38. The van der Waals surface area contributed by atoms with Crippen LogP contribution < -0.4 is 11.1 Å². The third-order valence-electron chi connectivity index (χ3n) is 2.29. The van der Waals surface area contributed by atoms with Crippen LogP contribution in [0.1, 0.15) is 11.1 Å². The quantitative estimate of drug-likeness (QED) is 0.802. The van der Waals surface area contributed by atoms with E-state index in [0.717, 1.165) is 5.56 Å². The Morgan fingerprint density at radius 3 is 2.71 bits per heavy atom. The second-order valence-corrected chi connectivity index (χ2v) is 3.94. The van der Waals surface area contributed by atoms with E-state index in [1.54, 1.807) is 12.3 Å². The molecule has 0 unspecified atom stereocenters. The molecule has 0 aliphatic carbocycles. The Kier molecular flexibility index (Phi) is 3.62. The van der Waals surface area contributed by atoms with Gasteiger partial charge in [0.2, 0.25) is 0 Å². The highest BCUT2D eigenvalue weighted by molar-refractivity contribution is 7.80. The van der Waals surface area contributed by atoms with Crippen LogP contribution in [0, 0.1) is 0 Å². The SMILES string of the molecule is NC(=S)c1ccnnc1NCc1ccccc1. The maximum atomic E-state index is 5.61. The first kappa shape index (κ1) is 11.5. The molecule has 2 aromatic rings. The smallest absolute Gasteiger partial charge is 0.159 e. The van der Waals surface area contributed by atoms with E-state index in [0.29, 0.717) is 22.9 Å². The Bertz CT molecular complexity index is 513. The van der Waals surface area contributed by atoms with Crippen molar-refractivity contribution in [3.8, 4) is 0 Å². The van der Waals surface area contributed by atoms with Gasteiger partial charge in [0.05, 0.1) is 11.8 Å². The van der Waals surface area contributed by atoms with Gasteiger partial charge in [-0.3, -0.25) is 0 Å². The average molecular weight is 244 g/mol. The van der Waals surface area contributed by atoms with Crippen molar-refractivity contribution in [3.63, 3.8) is 0 Å². The molecule has 0 saturated heterocycles. The second kappa shape index (κ2) is 5.36. The Labute approximate surface area is 105 Å². The fourth-order valence-corrected chi connectivity index (χ4v) is 1.61. The van der Waals surface area contributed by atoms with E-state index >= 15 is 0 Å². The van der Waals surface area contributed by atoms with Gasteiger partial charge in [-0.2, -0.15) is 5.10 Å². The molecule has 0 fully saturated rings. The van der Waals surface area contributed by atoms with Gasteiger partial charge < -0.3 is 11.1 Å². The summed E-state index contributed by atoms with van der Waals surface area (Å²) < 4.78 is 0. The van der Waals surface area contributed by atoms with Gasteiger partial charge in [0.15, 0.2) is 5.82 Å². The first-order chi connectivity index (χ1) is 8.27. The molecule has 0 spiro atoms. The van der Waals surface area contributed by atoms with E-state index in [1.165, 1.54) is 0 Å². The Hall–Kier alpha value is -2.01. The molecule has 1 aromatic heterocycles. The van der Waals surface area contributed by atoms with Crippen molar-refractivity contribution in [1.29, 1.82) is 0 Å². The highest BCUT2D eigenvalue weighted by atomic mass is 32.1. The van der Waals surface area contributed by atoms with E-state index < -0.39 is 0 Å². The number of thiocarbonyl (C=S) groups is 1. The molecule has 2 rings (SSSR count). The van der Waals surface area contributed by atoms with Crippen LogP contribution in [-0.2, 0) is 6.54 Å². The summed E-state index contributed by atoms with van der Waals surface area (Å²) in [5, 5.41) is 11.0. The number of aromatic nitrogens is 2. The maximum absolute atomic E-state index is 5.61. The van der Waals surface area contributed by atoms with Gasteiger partial charge in [-0.25, -0.2) is 0 Å². The zero-order valence-corrected chi connectivity index (χ0v) is 9.95. The molecule has 3 N–H and O–H groups in total. The van der Waals surface area contributed by atoms with E-state index in [9.17, 15) is 0 Å². The molecule has 0 radical (unpaired) electrons. The summed E-state index contributed by atoms with van der Waals surface area (Å²) >= 11 is 4.95. The van der Waals surface area contributed by atoms with Gasteiger partial charge >= 0.3 is 0 Å². The number of hydrogen-bond donors (Lipinski definition) is 2. The van der Waals surface area contributed by atoms with Crippen molar-refractivity contribution >= 4 is 23.0 Å². The molecule has 0 atom stereocenters. The fourth-order valence-electron chi connectivity index (χ4n) is 1.44. The number of benzene rings is 1. The zero-order chi connectivity index (χ0) is 12.1. The van der Waals surface area contributed by atoms with Gasteiger partial charge in [-0.05, 0) is 11.6 Å². The summed E-state index contributed by atoms with van der Waals surface area (Å²) in [6, 6.07) is 11.8. The predicted octanol–water partition coefficient (Wildman–Crippen LogP) is 1.72. The highest BCUT2D eigenvalue weighted by Crippen LogP contribution is 2.11. The topological polar surface area (TPSA) is 63.8 Å². The van der Waals surface area contributed by atoms with Crippen LogP contribution in [0.15, 0.2) is 42.6 Å². The minimum Gasteiger partial charge on any atom is -0.389 e. The lowest BCUT2D eigenvalue weighted by molar-refractivity contribution is 0.996. The minimum atomic E-state index is 0.315. The van der Waals surface area contributed by atoms with Crippen molar-refractivity contribution in [2.75, 3.05) is 5.32 Å². The fraction of sp³-hybridized carbons (Fsp3) is 0.0833. The zero-order valence-electron chi connectivity index (χ0n) is 9.13. The monoisotopic (exact) mass is 244 g/mol. The van der Waals surface area contributed by atoms with Crippen molar-refractivity contribution in [2.24, 2.45) is 5.73 Å². The molecular formula is C12H12N4S. The van der Waals surface area contributed by atoms with Gasteiger partial charge in [0, 0.05) is 6.54 Å². The molecule has 17 heavy (non-hydrogen) atoms. The minimum absolute atomic E-state index is 0.315. The normalized spacial score (nSPS) is 9.88. The summed E-state index contributed by atoms with van der Waals surface area (Å²) in [5.41, 5.74) is 7.48. The molecule has 5 heteroatoms. The van der Waals surface area contributed by atoms with Crippen LogP contribution >= 0.6 is 12.2 Å². The molecule has 0 aliphatic rings. The number of rotatable bonds is 4.